The number of aryl methyl sites for hydroxylation is 1. The van der Waals surface area contributed by atoms with E-state index in [1.807, 2.05) is 0 Å². The maximum absolute atomic E-state index is 10.9. The Hall–Kier alpha value is -2.00. The summed E-state index contributed by atoms with van der Waals surface area (Å²) in [6.45, 7) is 1.63. The molecule has 0 unspecified atom stereocenters. The van der Waals surface area contributed by atoms with E-state index in [1.54, 1.807) is 13.0 Å². The van der Waals surface area contributed by atoms with Gasteiger partial charge in [-0.2, -0.15) is 0 Å². The van der Waals surface area contributed by atoms with E-state index in [4.69, 9.17) is 10.8 Å². The average molecular weight is 296 g/mol. The van der Waals surface area contributed by atoms with Crippen LogP contribution in [0.1, 0.15) is 25.9 Å². The molecule has 98 valence electrons. The lowest BCUT2D eigenvalue weighted by Gasteiger charge is -1.96. The van der Waals surface area contributed by atoms with Gasteiger partial charge < -0.3 is 10.8 Å². The molecular weight excluding hydrogens is 288 g/mol. The van der Waals surface area contributed by atoms with Crippen molar-refractivity contribution >= 4 is 35.0 Å². The normalized spacial score (nSPS) is 10.4. The van der Waals surface area contributed by atoms with Crippen LogP contribution in [0.3, 0.4) is 0 Å². The van der Waals surface area contributed by atoms with Crippen LogP contribution in [0, 0.1) is 6.92 Å². The molecule has 0 spiro atoms. The SMILES string of the molecule is Cc1nc(Sc2ccc(C(N)=O)nn2)sc1C(=O)O. The molecule has 0 saturated carbocycles. The Morgan fingerprint density at radius 1 is 1.37 bits per heavy atom. The van der Waals surface area contributed by atoms with Crippen LogP contribution >= 0.6 is 23.1 Å². The summed E-state index contributed by atoms with van der Waals surface area (Å²) in [7, 11) is 0. The quantitative estimate of drug-likeness (QED) is 0.869. The molecule has 0 atom stereocenters. The highest BCUT2D eigenvalue weighted by atomic mass is 32.2. The zero-order valence-electron chi connectivity index (χ0n) is 9.65. The standard InChI is InChI=1S/C10H8N4O3S2/c1-4-7(9(16)17)19-10(12-4)18-6-3-2-5(8(11)15)13-14-6/h2-3H,1H3,(H2,11,15)(H,16,17). The second-order valence-electron chi connectivity index (χ2n) is 3.42. The summed E-state index contributed by atoms with van der Waals surface area (Å²) >= 11 is 2.24. The molecule has 19 heavy (non-hydrogen) atoms. The predicted molar refractivity (Wildman–Crippen MR) is 68.5 cm³/mol. The van der Waals surface area contributed by atoms with Crippen molar-refractivity contribution in [1.82, 2.24) is 15.2 Å². The number of nitrogens with two attached hydrogens (primary N) is 1. The van der Waals surface area contributed by atoms with Gasteiger partial charge in [0.2, 0.25) is 0 Å². The largest absolute Gasteiger partial charge is 0.477 e. The van der Waals surface area contributed by atoms with Crippen LogP contribution in [0.5, 0.6) is 0 Å². The Balaban J connectivity index is 2.19. The molecule has 9 heteroatoms. The Morgan fingerprint density at radius 2 is 2.11 bits per heavy atom. The third kappa shape index (κ3) is 3.06. The summed E-state index contributed by atoms with van der Waals surface area (Å²) in [6, 6.07) is 3.03. The highest BCUT2D eigenvalue weighted by Gasteiger charge is 2.15. The molecule has 2 aromatic rings. The van der Waals surface area contributed by atoms with E-state index in [0.29, 0.717) is 15.1 Å². The van der Waals surface area contributed by atoms with Crippen molar-refractivity contribution in [2.45, 2.75) is 16.3 Å². The lowest BCUT2D eigenvalue weighted by atomic mass is 10.4. The van der Waals surface area contributed by atoms with E-state index in [-0.39, 0.29) is 10.6 Å². The van der Waals surface area contributed by atoms with Crippen molar-refractivity contribution in [3.63, 3.8) is 0 Å². The van der Waals surface area contributed by atoms with Gasteiger partial charge >= 0.3 is 5.97 Å². The molecule has 3 N–H and O–H groups in total. The lowest BCUT2D eigenvalue weighted by molar-refractivity contribution is 0.0701. The second-order valence-corrected chi connectivity index (χ2v) is 5.69. The Bertz CT molecular complexity index is 639. The highest BCUT2D eigenvalue weighted by Crippen LogP contribution is 2.31. The maximum Gasteiger partial charge on any atom is 0.347 e. The van der Waals surface area contributed by atoms with Gasteiger partial charge in [-0.1, -0.05) is 11.3 Å². The molecule has 0 fully saturated rings. The fourth-order valence-electron chi connectivity index (χ4n) is 1.21. The number of aromatic carboxylic acids is 1. The van der Waals surface area contributed by atoms with Gasteiger partial charge in [-0.05, 0) is 30.8 Å². The minimum atomic E-state index is -1.00. The van der Waals surface area contributed by atoms with E-state index >= 15 is 0 Å². The van der Waals surface area contributed by atoms with Gasteiger partial charge in [-0.15, -0.1) is 10.2 Å². The van der Waals surface area contributed by atoms with E-state index in [1.165, 1.54) is 17.8 Å². The smallest absolute Gasteiger partial charge is 0.347 e. The number of aromatic nitrogens is 3. The van der Waals surface area contributed by atoms with E-state index in [9.17, 15) is 9.59 Å². The number of rotatable bonds is 4. The summed E-state index contributed by atoms with van der Waals surface area (Å²) in [5.74, 6) is -1.65. The molecular formula is C10H8N4O3S2. The molecule has 0 bridgehead atoms. The van der Waals surface area contributed by atoms with Gasteiger partial charge in [-0.25, -0.2) is 9.78 Å². The third-order valence-electron chi connectivity index (χ3n) is 2.06. The van der Waals surface area contributed by atoms with Crippen LogP contribution in [0.4, 0.5) is 0 Å². The maximum atomic E-state index is 10.9. The number of amides is 1. The summed E-state index contributed by atoms with van der Waals surface area (Å²) in [5, 5.41) is 16.9. The van der Waals surface area contributed by atoms with Crippen molar-refractivity contribution in [1.29, 1.82) is 0 Å². The summed E-state index contributed by atoms with van der Waals surface area (Å²) in [5.41, 5.74) is 5.58. The summed E-state index contributed by atoms with van der Waals surface area (Å²) in [6.07, 6.45) is 0. The number of hydrogen-bond donors (Lipinski definition) is 2. The number of carbonyl (C=O) groups is 2. The van der Waals surface area contributed by atoms with E-state index in [0.717, 1.165) is 11.3 Å². The van der Waals surface area contributed by atoms with Gasteiger partial charge in [-0.3, -0.25) is 4.79 Å². The first-order valence-corrected chi connectivity index (χ1v) is 6.63. The van der Waals surface area contributed by atoms with Crippen molar-refractivity contribution in [3.8, 4) is 0 Å². The molecule has 0 radical (unpaired) electrons. The molecule has 2 heterocycles. The zero-order valence-corrected chi connectivity index (χ0v) is 11.3. The van der Waals surface area contributed by atoms with Crippen molar-refractivity contribution < 1.29 is 14.7 Å². The Labute approximate surface area is 115 Å². The monoisotopic (exact) mass is 296 g/mol. The molecule has 0 aliphatic carbocycles. The topological polar surface area (TPSA) is 119 Å². The number of thiazole rings is 1. The zero-order chi connectivity index (χ0) is 14.0. The van der Waals surface area contributed by atoms with Crippen molar-refractivity contribution in [2.24, 2.45) is 5.73 Å². The number of nitrogens with zero attached hydrogens (tertiary/aromatic N) is 3. The van der Waals surface area contributed by atoms with Gasteiger partial charge in [0.25, 0.3) is 5.91 Å². The number of carboxylic acid groups (broad SMARTS) is 1. The number of carbonyl (C=O) groups excluding carboxylic acids is 1. The van der Waals surface area contributed by atoms with Crippen LogP contribution < -0.4 is 5.73 Å². The summed E-state index contributed by atoms with van der Waals surface area (Å²) in [4.78, 5) is 26.0. The molecule has 0 aromatic carbocycles. The van der Waals surface area contributed by atoms with Gasteiger partial charge in [0.05, 0.1) is 5.69 Å². The lowest BCUT2D eigenvalue weighted by Crippen LogP contribution is -2.13. The first kappa shape index (κ1) is 13.4. The molecule has 1 amide bonds. The van der Waals surface area contributed by atoms with Crippen LogP contribution in [0.25, 0.3) is 0 Å². The van der Waals surface area contributed by atoms with Crippen LogP contribution in [-0.2, 0) is 0 Å². The third-order valence-corrected chi connectivity index (χ3v) is 4.19. The van der Waals surface area contributed by atoms with Crippen LogP contribution in [0.15, 0.2) is 21.5 Å². The minimum Gasteiger partial charge on any atom is -0.477 e. The Morgan fingerprint density at radius 3 is 2.58 bits per heavy atom. The van der Waals surface area contributed by atoms with E-state index < -0.39 is 11.9 Å². The van der Waals surface area contributed by atoms with Crippen molar-refractivity contribution in [3.05, 3.63) is 28.4 Å². The first-order valence-electron chi connectivity index (χ1n) is 4.99. The molecule has 0 aliphatic rings. The highest BCUT2D eigenvalue weighted by molar-refractivity contribution is 8.01. The number of carboxylic acids is 1. The first-order chi connectivity index (χ1) is 8.97. The number of primary amides is 1. The van der Waals surface area contributed by atoms with E-state index in [2.05, 4.69) is 15.2 Å². The number of hydrogen-bond acceptors (Lipinski definition) is 7. The molecule has 2 rings (SSSR count). The van der Waals surface area contributed by atoms with Gasteiger partial charge in [0.15, 0.2) is 10.0 Å². The molecule has 0 aliphatic heterocycles. The molecule has 2 aromatic heterocycles. The van der Waals surface area contributed by atoms with Crippen LogP contribution in [-0.4, -0.2) is 32.2 Å². The second kappa shape index (κ2) is 5.33. The predicted octanol–water partition coefficient (Wildman–Crippen LogP) is 1.19. The fourth-order valence-corrected chi connectivity index (χ4v) is 3.10. The van der Waals surface area contributed by atoms with Gasteiger partial charge in [0, 0.05) is 0 Å². The minimum absolute atomic E-state index is 0.0749. The summed E-state index contributed by atoms with van der Waals surface area (Å²) < 4.78 is 0.552. The molecule has 7 nitrogen and oxygen atoms in total. The van der Waals surface area contributed by atoms with Gasteiger partial charge in [0.1, 0.15) is 9.90 Å². The van der Waals surface area contributed by atoms with Crippen molar-refractivity contribution in [2.75, 3.05) is 0 Å². The van der Waals surface area contributed by atoms with Crippen LogP contribution in [0.2, 0.25) is 0 Å². The average Bonchev–Trinajstić information content (AvgIpc) is 2.71. The fraction of sp³-hybridized carbons (Fsp3) is 0.100. The molecule has 0 saturated heterocycles. The Kier molecular flexibility index (Phi) is 3.76.